The van der Waals surface area contributed by atoms with Crippen molar-refractivity contribution in [3.63, 3.8) is 0 Å². The number of rotatable bonds is 16. The molecule has 1 fully saturated rings. The van der Waals surface area contributed by atoms with E-state index < -0.39 is 16.1 Å². The lowest BCUT2D eigenvalue weighted by Gasteiger charge is -2.30. The molecule has 0 saturated heterocycles. The Morgan fingerprint density at radius 1 is 0.977 bits per heavy atom. The van der Waals surface area contributed by atoms with Crippen LogP contribution < -0.4 is 24.8 Å². The molecule has 9 nitrogen and oxygen atoms in total. The lowest BCUT2D eigenvalue weighted by atomic mass is 9.81. The van der Waals surface area contributed by atoms with Crippen molar-refractivity contribution in [1.82, 2.24) is 10.6 Å². The summed E-state index contributed by atoms with van der Waals surface area (Å²) >= 11 is 0. The zero-order valence-corrected chi connectivity index (χ0v) is 26.4. The number of aliphatic hydroxyl groups excluding tert-OH is 1. The number of hydrogen-bond donors (Lipinski definition) is 4. The summed E-state index contributed by atoms with van der Waals surface area (Å²) in [6.45, 7) is 3.55. The Morgan fingerprint density at radius 3 is 2.39 bits per heavy atom. The van der Waals surface area contributed by atoms with Gasteiger partial charge in [0.25, 0.3) is 5.91 Å². The fourth-order valence-electron chi connectivity index (χ4n) is 5.31. The number of benzene rings is 3. The van der Waals surface area contributed by atoms with Crippen molar-refractivity contribution in [1.29, 1.82) is 0 Å². The maximum Gasteiger partial charge on any atom is 0.251 e. The van der Waals surface area contributed by atoms with Crippen LogP contribution in [0.25, 0.3) is 0 Å². The quantitative estimate of drug-likeness (QED) is 0.161. The number of nitrogens with one attached hydrogen (secondary N) is 3. The number of aliphatic hydroxyl groups is 1. The van der Waals surface area contributed by atoms with E-state index in [2.05, 4.69) is 34.4 Å². The zero-order valence-electron chi connectivity index (χ0n) is 25.6. The normalized spacial score (nSPS) is 17.4. The van der Waals surface area contributed by atoms with Crippen molar-refractivity contribution < 1.29 is 27.8 Å². The standard InChI is InChI=1S/C34H45N3O6S/c1-3-4-20-35-34(39)28-12-10-26(11-13-28)27-14-16-29(17-15-27)36-22-30(38)24-42-31-18-19-33(32(21-31)37-44(2,40)41)43-23-25-8-6-5-7-9-25/h5-13,18-19,21,27,29-30,36-38H,3-4,14-17,20,22-24H2,1-2H3,(H,35,39)/t27-,29-,30-/m0/s1. The fraction of sp³-hybridized carbons (Fsp3) is 0.441. The highest BCUT2D eigenvalue weighted by atomic mass is 32.2. The van der Waals surface area contributed by atoms with Crippen molar-refractivity contribution in [2.45, 2.75) is 70.1 Å². The van der Waals surface area contributed by atoms with Crippen molar-refractivity contribution in [2.75, 3.05) is 30.7 Å². The van der Waals surface area contributed by atoms with E-state index in [0.717, 1.165) is 50.3 Å². The van der Waals surface area contributed by atoms with Crippen LogP contribution in [0.4, 0.5) is 5.69 Å². The first kappa shape index (κ1) is 33.3. The van der Waals surface area contributed by atoms with E-state index in [4.69, 9.17) is 9.47 Å². The molecule has 0 aromatic heterocycles. The van der Waals surface area contributed by atoms with E-state index in [0.29, 0.717) is 42.1 Å². The number of hydrogen-bond acceptors (Lipinski definition) is 7. The van der Waals surface area contributed by atoms with Crippen molar-refractivity contribution in [2.24, 2.45) is 0 Å². The van der Waals surface area contributed by atoms with Gasteiger partial charge in [0.15, 0.2) is 0 Å². The van der Waals surface area contributed by atoms with Crippen LogP contribution in [0.15, 0.2) is 72.8 Å². The summed E-state index contributed by atoms with van der Waals surface area (Å²) in [7, 11) is -3.54. The van der Waals surface area contributed by atoms with Gasteiger partial charge in [0, 0.05) is 30.8 Å². The average Bonchev–Trinajstić information content (AvgIpc) is 3.02. The monoisotopic (exact) mass is 623 g/mol. The third-order valence-corrected chi connectivity index (χ3v) is 8.35. The van der Waals surface area contributed by atoms with Crippen LogP contribution in [-0.4, -0.2) is 57.5 Å². The molecule has 10 heteroatoms. The van der Waals surface area contributed by atoms with Crippen LogP contribution in [0.2, 0.25) is 0 Å². The molecule has 238 valence electrons. The van der Waals surface area contributed by atoms with Gasteiger partial charge in [-0.2, -0.15) is 0 Å². The number of anilines is 1. The zero-order chi connectivity index (χ0) is 31.4. The molecule has 0 bridgehead atoms. The number of sulfonamides is 1. The van der Waals surface area contributed by atoms with Crippen LogP contribution in [0, 0.1) is 0 Å². The summed E-state index contributed by atoms with van der Waals surface area (Å²) in [4.78, 5) is 12.3. The molecule has 0 heterocycles. The van der Waals surface area contributed by atoms with Gasteiger partial charge in [-0.15, -0.1) is 0 Å². The Labute approximate surface area is 261 Å². The van der Waals surface area contributed by atoms with E-state index in [-0.39, 0.29) is 24.8 Å². The third-order valence-electron chi connectivity index (χ3n) is 7.76. The second kappa shape index (κ2) is 16.5. The molecule has 0 spiro atoms. The Kier molecular flexibility index (Phi) is 12.5. The van der Waals surface area contributed by atoms with Crippen LogP contribution in [-0.2, 0) is 16.6 Å². The van der Waals surface area contributed by atoms with Gasteiger partial charge in [0.2, 0.25) is 10.0 Å². The second-order valence-electron chi connectivity index (χ2n) is 11.5. The lowest BCUT2D eigenvalue weighted by Crippen LogP contribution is -2.39. The summed E-state index contributed by atoms with van der Waals surface area (Å²) in [6.07, 6.45) is 6.47. The molecule has 1 aliphatic carbocycles. The van der Waals surface area contributed by atoms with Gasteiger partial charge in [-0.25, -0.2) is 8.42 Å². The first-order chi connectivity index (χ1) is 21.2. The molecular weight excluding hydrogens is 578 g/mol. The van der Waals surface area contributed by atoms with Crippen LogP contribution in [0.1, 0.15) is 72.9 Å². The largest absolute Gasteiger partial charge is 0.491 e. The Hall–Kier alpha value is -3.60. The van der Waals surface area contributed by atoms with Gasteiger partial charge in [-0.3, -0.25) is 9.52 Å². The number of unbranched alkanes of at least 4 members (excludes halogenated alkanes) is 1. The predicted octanol–water partition coefficient (Wildman–Crippen LogP) is 5.22. The lowest BCUT2D eigenvalue weighted by molar-refractivity contribution is 0.0953. The minimum Gasteiger partial charge on any atom is -0.491 e. The van der Waals surface area contributed by atoms with Gasteiger partial charge in [-0.05, 0) is 73.4 Å². The summed E-state index contributed by atoms with van der Waals surface area (Å²) < 4.78 is 38.1. The maximum atomic E-state index is 12.3. The maximum absolute atomic E-state index is 12.3. The van der Waals surface area contributed by atoms with Crippen molar-refractivity contribution in [3.05, 3.63) is 89.5 Å². The van der Waals surface area contributed by atoms with Gasteiger partial charge in [-0.1, -0.05) is 55.8 Å². The Morgan fingerprint density at radius 2 is 1.70 bits per heavy atom. The molecule has 4 rings (SSSR count). The number of carbonyl (C=O) groups is 1. The summed E-state index contributed by atoms with van der Waals surface area (Å²) in [5.74, 6) is 1.25. The molecule has 1 aliphatic rings. The van der Waals surface area contributed by atoms with E-state index in [9.17, 15) is 18.3 Å². The van der Waals surface area contributed by atoms with Crippen LogP contribution in [0.3, 0.4) is 0 Å². The van der Waals surface area contributed by atoms with Crippen molar-refractivity contribution in [3.8, 4) is 11.5 Å². The van der Waals surface area contributed by atoms with Gasteiger partial charge < -0.3 is 25.2 Å². The van der Waals surface area contributed by atoms with E-state index in [1.54, 1.807) is 18.2 Å². The minimum atomic E-state index is -3.54. The smallest absolute Gasteiger partial charge is 0.251 e. The summed E-state index contributed by atoms with van der Waals surface area (Å²) in [6, 6.07) is 22.8. The minimum absolute atomic E-state index is 0.0173. The molecular formula is C34H45N3O6S. The van der Waals surface area contributed by atoms with E-state index >= 15 is 0 Å². The second-order valence-corrected chi connectivity index (χ2v) is 13.2. The van der Waals surface area contributed by atoms with E-state index in [1.807, 2.05) is 42.5 Å². The Balaban J connectivity index is 1.20. The highest BCUT2D eigenvalue weighted by Crippen LogP contribution is 2.33. The first-order valence-electron chi connectivity index (χ1n) is 15.4. The molecule has 4 N–H and O–H groups in total. The number of amides is 1. The SMILES string of the molecule is CCCCNC(=O)c1ccc([C@H]2CC[C@H](NC[C@H](O)COc3ccc(OCc4ccccc4)c(NS(C)(=O)=O)c3)CC2)cc1. The van der Waals surface area contributed by atoms with Crippen LogP contribution in [0.5, 0.6) is 11.5 Å². The molecule has 0 radical (unpaired) electrons. The fourth-order valence-corrected chi connectivity index (χ4v) is 5.87. The highest BCUT2D eigenvalue weighted by Gasteiger charge is 2.23. The topological polar surface area (TPSA) is 126 Å². The molecule has 1 atom stereocenters. The van der Waals surface area contributed by atoms with Gasteiger partial charge in [0.1, 0.15) is 30.8 Å². The van der Waals surface area contributed by atoms with Gasteiger partial charge in [0.05, 0.1) is 11.9 Å². The molecule has 3 aromatic carbocycles. The molecule has 1 saturated carbocycles. The van der Waals surface area contributed by atoms with Crippen molar-refractivity contribution >= 4 is 21.6 Å². The number of carbonyl (C=O) groups excluding carboxylic acids is 1. The molecule has 1 amide bonds. The summed E-state index contributed by atoms with van der Waals surface area (Å²) in [5, 5.41) is 17.0. The highest BCUT2D eigenvalue weighted by molar-refractivity contribution is 7.92. The molecule has 0 aliphatic heterocycles. The third kappa shape index (κ3) is 10.8. The first-order valence-corrected chi connectivity index (χ1v) is 17.3. The number of ether oxygens (including phenoxy) is 2. The Bertz CT molecular complexity index is 1430. The molecule has 0 unspecified atom stereocenters. The van der Waals surface area contributed by atoms with E-state index in [1.165, 1.54) is 5.56 Å². The van der Waals surface area contributed by atoms with Crippen LogP contribution >= 0.6 is 0 Å². The molecule has 3 aromatic rings. The average molecular weight is 624 g/mol. The van der Waals surface area contributed by atoms with Gasteiger partial charge >= 0.3 is 0 Å². The summed E-state index contributed by atoms with van der Waals surface area (Å²) in [5.41, 5.74) is 3.20. The molecule has 44 heavy (non-hydrogen) atoms. The predicted molar refractivity (Wildman–Crippen MR) is 174 cm³/mol.